The standard InChI is InChI=1S/C20H35N5OS/c1-5-25(6-2)19-12-11-16(14-22-19)15-23-20(21-4)24-17-9-8-10-18(13-17)27(26)7-3/h11-12,14,17-18H,5-10,13,15H2,1-4H3,(H2,21,23,24). The smallest absolute Gasteiger partial charge is 0.191 e. The highest BCUT2D eigenvalue weighted by atomic mass is 32.2. The Morgan fingerprint density at radius 2 is 2.07 bits per heavy atom. The van der Waals surface area contributed by atoms with Gasteiger partial charge in [-0.15, -0.1) is 0 Å². The maximum absolute atomic E-state index is 12.1. The summed E-state index contributed by atoms with van der Waals surface area (Å²) in [6.45, 7) is 8.89. The molecule has 7 heteroatoms. The summed E-state index contributed by atoms with van der Waals surface area (Å²) in [6, 6.07) is 4.53. The summed E-state index contributed by atoms with van der Waals surface area (Å²) in [4.78, 5) is 11.2. The summed E-state index contributed by atoms with van der Waals surface area (Å²) in [5.41, 5.74) is 1.13. The molecule has 1 fully saturated rings. The van der Waals surface area contributed by atoms with Crippen LogP contribution in [0.2, 0.25) is 0 Å². The van der Waals surface area contributed by atoms with Gasteiger partial charge >= 0.3 is 0 Å². The molecule has 27 heavy (non-hydrogen) atoms. The molecule has 0 aliphatic heterocycles. The summed E-state index contributed by atoms with van der Waals surface area (Å²) < 4.78 is 12.1. The molecule has 2 N–H and O–H groups in total. The SMILES string of the molecule is CCN(CC)c1ccc(CNC(=NC)NC2CCCC(S(=O)CC)C2)cn1. The number of guanidine groups is 1. The Labute approximate surface area is 166 Å². The van der Waals surface area contributed by atoms with Gasteiger partial charge in [0.05, 0.1) is 0 Å². The van der Waals surface area contributed by atoms with Crippen molar-refractivity contribution in [1.82, 2.24) is 15.6 Å². The van der Waals surface area contributed by atoms with Gasteiger partial charge in [0.25, 0.3) is 0 Å². The zero-order valence-electron chi connectivity index (χ0n) is 17.2. The number of hydrogen-bond donors (Lipinski definition) is 2. The van der Waals surface area contributed by atoms with E-state index in [-0.39, 0.29) is 0 Å². The fourth-order valence-corrected chi connectivity index (χ4v) is 4.93. The van der Waals surface area contributed by atoms with E-state index in [0.29, 0.717) is 17.8 Å². The van der Waals surface area contributed by atoms with Crippen LogP contribution in [0.4, 0.5) is 5.82 Å². The maximum Gasteiger partial charge on any atom is 0.191 e. The zero-order chi connectivity index (χ0) is 19.6. The molecular weight excluding hydrogens is 358 g/mol. The minimum atomic E-state index is -0.705. The zero-order valence-corrected chi connectivity index (χ0v) is 18.0. The second-order valence-electron chi connectivity index (χ2n) is 6.92. The lowest BCUT2D eigenvalue weighted by molar-refractivity contribution is 0.413. The first-order valence-corrected chi connectivity index (χ1v) is 11.5. The molecule has 1 heterocycles. The average molecular weight is 394 g/mol. The second-order valence-corrected chi connectivity index (χ2v) is 8.93. The minimum absolute atomic E-state index is 0.316. The van der Waals surface area contributed by atoms with Crippen molar-refractivity contribution in [3.8, 4) is 0 Å². The lowest BCUT2D eigenvalue weighted by Gasteiger charge is -2.30. The van der Waals surface area contributed by atoms with E-state index in [1.807, 2.05) is 13.1 Å². The molecule has 0 amide bonds. The van der Waals surface area contributed by atoms with Crippen LogP contribution in [-0.4, -0.2) is 52.3 Å². The number of hydrogen-bond acceptors (Lipinski definition) is 4. The Morgan fingerprint density at radius 1 is 1.30 bits per heavy atom. The minimum Gasteiger partial charge on any atom is -0.357 e. The molecule has 1 aromatic heterocycles. The van der Waals surface area contributed by atoms with Crippen molar-refractivity contribution in [2.45, 2.75) is 64.3 Å². The molecule has 1 aliphatic rings. The number of nitrogens with one attached hydrogen (secondary N) is 2. The monoisotopic (exact) mass is 393 g/mol. The van der Waals surface area contributed by atoms with Gasteiger partial charge in [0.2, 0.25) is 0 Å². The van der Waals surface area contributed by atoms with Crippen molar-refractivity contribution in [1.29, 1.82) is 0 Å². The van der Waals surface area contributed by atoms with Crippen LogP contribution in [0.3, 0.4) is 0 Å². The highest BCUT2D eigenvalue weighted by Gasteiger charge is 2.26. The van der Waals surface area contributed by atoms with Gasteiger partial charge < -0.3 is 15.5 Å². The van der Waals surface area contributed by atoms with E-state index in [9.17, 15) is 4.21 Å². The maximum atomic E-state index is 12.1. The first-order valence-electron chi connectivity index (χ1n) is 10.1. The molecule has 0 bridgehead atoms. The van der Waals surface area contributed by atoms with Gasteiger partial charge in [0, 0.05) is 60.7 Å². The van der Waals surface area contributed by atoms with Crippen LogP contribution < -0.4 is 15.5 Å². The third-order valence-corrected chi connectivity index (χ3v) is 6.94. The van der Waals surface area contributed by atoms with Crippen LogP contribution in [0.1, 0.15) is 52.0 Å². The lowest BCUT2D eigenvalue weighted by Crippen LogP contribution is -2.46. The van der Waals surface area contributed by atoms with E-state index in [4.69, 9.17) is 0 Å². The van der Waals surface area contributed by atoms with Gasteiger partial charge in [-0.25, -0.2) is 4.98 Å². The van der Waals surface area contributed by atoms with Crippen molar-refractivity contribution in [3.05, 3.63) is 23.9 Å². The van der Waals surface area contributed by atoms with Gasteiger partial charge in [0.1, 0.15) is 5.82 Å². The molecule has 1 aromatic rings. The van der Waals surface area contributed by atoms with Gasteiger partial charge in [-0.1, -0.05) is 19.4 Å². The number of aromatic nitrogens is 1. The Kier molecular flexibility index (Phi) is 9.04. The molecule has 1 aliphatic carbocycles. The molecule has 3 unspecified atom stereocenters. The van der Waals surface area contributed by atoms with Crippen LogP contribution in [0.15, 0.2) is 23.3 Å². The average Bonchev–Trinajstić information content (AvgIpc) is 2.72. The fourth-order valence-electron chi connectivity index (χ4n) is 3.58. The molecule has 0 aromatic carbocycles. The third kappa shape index (κ3) is 6.48. The molecule has 6 nitrogen and oxygen atoms in total. The van der Waals surface area contributed by atoms with E-state index >= 15 is 0 Å². The number of anilines is 1. The number of rotatable bonds is 8. The molecule has 0 spiro atoms. The van der Waals surface area contributed by atoms with Crippen LogP contribution in [0.25, 0.3) is 0 Å². The van der Waals surface area contributed by atoms with Crippen molar-refractivity contribution in [3.63, 3.8) is 0 Å². The van der Waals surface area contributed by atoms with E-state index < -0.39 is 10.8 Å². The van der Waals surface area contributed by atoms with E-state index in [1.165, 1.54) is 0 Å². The number of nitrogens with zero attached hydrogens (tertiary/aromatic N) is 3. The quantitative estimate of drug-likeness (QED) is 0.525. The Bertz CT molecular complexity index is 615. The second kappa shape index (κ2) is 11.3. The summed E-state index contributed by atoms with van der Waals surface area (Å²) in [5, 5.41) is 7.20. The van der Waals surface area contributed by atoms with Gasteiger partial charge in [-0.05, 0) is 44.7 Å². The third-order valence-electron chi connectivity index (χ3n) is 5.20. The molecule has 1 saturated carbocycles. The highest BCUT2D eigenvalue weighted by molar-refractivity contribution is 7.85. The summed E-state index contributed by atoms with van der Waals surface area (Å²) in [5.74, 6) is 2.57. The normalized spacial score (nSPS) is 21.6. The van der Waals surface area contributed by atoms with Crippen LogP contribution in [-0.2, 0) is 17.3 Å². The van der Waals surface area contributed by atoms with Crippen LogP contribution in [0.5, 0.6) is 0 Å². The Balaban J connectivity index is 1.85. The van der Waals surface area contributed by atoms with Crippen molar-refractivity contribution >= 4 is 22.6 Å². The molecule has 3 atom stereocenters. The topological polar surface area (TPSA) is 69.6 Å². The largest absolute Gasteiger partial charge is 0.357 e. The number of aliphatic imine (C=N–C) groups is 1. The van der Waals surface area contributed by atoms with E-state index in [0.717, 1.165) is 61.9 Å². The molecular formula is C20H35N5OS. The van der Waals surface area contributed by atoms with Crippen molar-refractivity contribution < 1.29 is 4.21 Å². The first-order chi connectivity index (χ1) is 13.1. The summed E-state index contributed by atoms with van der Waals surface area (Å²) in [7, 11) is 1.09. The Morgan fingerprint density at radius 3 is 2.67 bits per heavy atom. The van der Waals surface area contributed by atoms with Gasteiger partial charge in [0.15, 0.2) is 5.96 Å². The molecule has 2 rings (SSSR count). The predicted octanol–water partition coefficient (Wildman–Crippen LogP) is 2.67. The summed E-state index contributed by atoms with van der Waals surface area (Å²) >= 11 is 0. The van der Waals surface area contributed by atoms with E-state index in [2.05, 4.69) is 51.5 Å². The van der Waals surface area contributed by atoms with Crippen molar-refractivity contribution in [2.24, 2.45) is 4.99 Å². The fraction of sp³-hybridized carbons (Fsp3) is 0.700. The Hall–Kier alpha value is -1.63. The van der Waals surface area contributed by atoms with Crippen molar-refractivity contribution in [2.75, 3.05) is 30.8 Å². The van der Waals surface area contributed by atoms with Crippen LogP contribution in [0, 0.1) is 0 Å². The first kappa shape index (κ1) is 21.7. The highest BCUT2D eigenvalue weighted by Crippen LogP contribution is 2.23. The van der Waals surface area contributed by atoms with Crippen LogP contribution >= 0.6 is 0 Å². The van der Waals surface area contributed by atoms with Gasteiger partial charge in [-0.3, -0.25) is 9.20 Å². The van der Waals surface area contributed by atoms with E-state index in [1.54, 1.807) is 7.05 Å². The lowest BCUT2D eigenvalue weighted by atomic mass is 9.95. The van der Waals surface area contributed by atoms with Gasteiger partial charge in [-0.2, -0.15) is 0 Å². The molecule has 152 valence electrons. The predicted molar refractivity (Wildman–Crippen MR) is 116 cm³/mol. The molecule has 0 saturated heterocycles. The number of pyridine rings is 1. The molecule has 0 radical (unpaired) electrons. The summed E-state index contributed by atoms with van der Waals surface area (Å²) in [6.07, 6.45) is 6.20.